The highest BCUT2D eigenvalue weighted by atomic mass is 19.1. The van der Waals surface area contributed by atoms with Crippen molar-refractivity contribution in [3.8, 4) is 5.75 Å². The normalized spacial score (nSPS) is 21.2. The number of hydrogen-bond acceptors (Lipinski definition) is 3. The number of fused-ring (bicyclic) bond motifs is 3. The fourth-order valence-electron chi connectivity index (χ4n) is 4.91. The summed E-state index contributed by atoms with van der Waals surface area (Å²) in [5, 5.41) is 2.72. The number of nitrogens with one attached hydrogen (secondary N) is 1. The van der Waals surface area contributed by atoms with E-state index >= 15 is 0 Å². The third-order valence-corrected chi connectivity index (χ3v) is 6.34. The molecular formula is C25H25F2N3O3. The van der Waals surface area contributed by atoms with Gasteiger partial charge < -0.3 is 19.9 Å². The number of benzene rings is 2. The molecule has 1 saturated heterocycles. The van der Waals surface area contributed by atoms with Crippen molar-refractivity contribution in [2.24, 2.45) is 5.92 Å². The van der Waals surface area contributed by atoms with E-state index in [4.69, 9.17) is 4.74 Å². The molecule has 2 heterocycles. The number of carbonyl (C=O) groups excluding carboxylic acids is 2. The second-order valence-electron chi connectivity index (χ2n) is 9.08. The number of likely N-dealkylation sites (tertiary alicyclic amines) is 1. The molecule has 3 aliphatic rings. The monoisotopic (exact) mass is 453 g/mol. The van der Waals surface area contributed by atoms with Crippen molar-refractivity contribution in [1.29, 1.82) is 0 Å². The standard InChI is InChI=1S/C25H25F2N3O3/c1-14(2)33-23-10-16(3-5-20(23)27)19-7-15-8-22(19)30(11-15)24(31)13-29-12-17-9-18(26)4-6-21(17)28-25(29)32/h3-7,9-10,14-15,22H,8,11-13H2,1-2H3,(H,28,32)/t15-,22-/m1/s1. The molecule has 0 unspecified atom stereocenters. The molecule has 0 saturated carbocycles. The van der Waals surface area contributed by atoms with Crippen LogP contribution in [0.3, 0.4) is 0 Å². The molecule has 5 rings (SSSR count). The molecule has 2 aromatic rings. The molecule has 0 spiro atoms. The molecule has 1 N–H and O–H groups in total. The Labute approximate surface area is 190 Å². The Morgan fingerprint density at radius 1 is 1.21 bits per heavy atom. The average Bonchev–Trinajstić information content (AvgIpc) is 3.37. The van der Waals surface area contributed by atoms with E-state index < -0.39 is 5.82 Å². The van der Waals surface area contributed by atoms with Gasteiger partial charge in [0.15, 0.2) is 11.6 Å². The third kappa shape index (κ3) is 4.05. The van der Waals surface area contributed by atoms with Gasteiger partial charge in [-0.1, -0.05) is 12.1 Å². The van der Waals surface area contributed by atoms with Gasteiger partial charge in [0.25, 0.3) is 0 Å². The number of anilines is 1. The van der Waals surface area contributed by atoms with Crippen molar-refractivity contribution < 1.29 is 23.1 Å². The van der Waals surface area contributed by atoms with Gasteiger partial charge in [-0.3, -0.25) is 4.79 Å². The van der Waals surface area contributed by atoms with E-state index in [9.17, 15) is 18.4 Å². The minimum atomic E-state index is -0.419. The third-order valence-electron chi connectivity index (χ3n) is 6.34. The van der Waals surface area contributed by atoms with Crippen molar-refractivity contribution in [2.45, 2.75) is 39.0 Å². The predicted molar refractivity (Wildman–Crippen MR) is 120 cm³/mol. The van der Waals surface area contributed by atoms with Crippen LogP contribution >= 0.6 is 0 Å². The summed E-state index contributed by atoms with van der Waals surface area (Å²) in [5.74, 6) is -0.554. The van der Waals surface area contributed by atoms with Gasteiger partial charge in [0, 0.05) is 12.2 Å². The molecule has 0 radical (unpaired) electrons. The zero-order valence-corrected chi connectivity index (χ0v) is 18.5. The fraction of sp³-hybridized carbons (Fsp3) is 0.360. The van der Waals surface area contributed by atoms with Crippen molar-refractivity contribution >= 4 is 23.2 Å². The van der Waals surface area contributed by atoms with Gasteiger partial charge in [-0.15, -0.1) is 0 Å². The first-order valence-electron chi connectivity index (χ1n) is 11.1. The highest BCUT2D eigenvalue weighted by Gasteiger charge is 2.42. The van der Waals surface area contributed by atoms with Gasteiger partial charge in [-0.2, -0.15) is 0 Å². The zero-order chi connectivity index (χ0) is 23.3. The van der Waals surface area contributed by atoms with Crippen LogP contribution in [-0.4, -0.2) is 47.0 Å². The molecule has 3 amide bonds. The molecule has 6 nitrogen and oxygen atoms in total. The van der Waals surface area contributed by atoms with Crippen LogP contribution in [0.2, 0.25) is 0 Å². The molecule has 0 aromatic heterocycles. The molecule has 1 aliphatic carbocycles. The zero-order valence-electron chi connectivity index (χ0n) is 18.5. The van der Waals surface area contributed by atoms with Crippen LogP contribution in [0.4, 0.5) is 19.3 Å². The lowest BCUT2D eigenvalue weighted by molar-refractivity contribution is -0.132. The summed E-state index contributed by atoms with van der Waals surface area (Å²) in [4.78, 5) is 28.9. The summed E-state index contributed by atoms with van der Waals surface area (Å²) in [6.07, 6.45) is 2.79. The Morgan fingerprint density at radius 2 is 2.03 bits per heavy atom. The first-order chi connectivity index (χ1) is 15.8. The average molecular weight is 453 g/mol. The van der Waals surface area contributed by atoms with E-state index in [0.717, 1.165) is 17.6 Å². The smallest absolute Gasteiger partial charge is 0.322 e. The molecular weight excluding hydrogens is 428 g/mol. The lowest BCUT2D eigenvalue weighted by atomic mass is 9.99. The van der Waals surface area contributed by atoms with Crippen molar-refractivity contribution in [3.63, 3.8) is 0 Å². The maximum Gasteiger partial charge on any atom is 0.322 e. The van der Waals surface area contributed by atoms with Gasteiger partial charge >= 0.3 is 6.03 Å². The first kappa shape index (κ1) is 21.4. The second-order valence-corrected chi connectivity index (χ2v) is 9.08. The van der Waals surface area contributed by atoms with Crippen LogP contribution in [0.25, 0.3) is 5.57 Å². The molecule has 2 aromatic carbocycles. The highest BCUT2D eigenvalue weighted by Crippen LogP contribution is 2.42. The maximum atomic E-state index is 14.2. The number of rotatable bonds is 5. The van der Waals surface area contributed by atoms with Crippen molar-refractivity contribution in [2.75, 3.05) is 18.4 Å². The molecule has 2 atom stereocenters. The van der Waals surface area contributed by atoms with Crippen molar-refractivity contribution in [3.05, 3.63) is 65.2 Å². The summed E-state index contributed by atoms with van der Waals surface area (Å²) in [6, 6.07) is 8.47. The minimum absolute atomic E-state index is 0.0938. The van der Waals surface area contributed by atoms with Crippen LogP contribution in [0, 0.1) is 17.6 Å². The number of nitrogens with zero attached hydrogens (tertiary/aromatic N) is 2. The van der Waals surface area contributed by atoms with Gasteiger partial charge in [-0.25, -0.2) is 13.6 Å². The van der Waals surface area contributed by atoms with Gasteiger partial charge in [0.2, 0.25) is 5.91 Å². The van der Waals surface area contributed by atoms with Gasteiger partial charge in [0.05, 0.1) is 18.7 Å². The number of halogens is 2. The fourth-order valence-corrected chi connectivity index (χ4v) is 4.91. The molecule has 33 heavy (non-hydrogen) atoms. The van der Waals surface area contributed by atoms with E-state index in [1.807, 2.05) is 13.8 Å². The molecule has 2 aliphatic heterocycles. The lowest BCUT2D eigenvalue weighted by Crippen LogP contribution is -2.48. The topological polar surface area (TPSA) is 61.9 Å². The predicted octanol–water partition coefficient (Wildman–Crippen LogP) is 4.41. The Balaban J connectivity index is 1.31. The Hall–Kier alpha value is -3.42. The molecule has 2 bridgehead atoms. The van der Waals surface area contributed by atoms with Crippen molar-refractivity contribution in [1.82, 2.24) is 9.80 Å². The molecule has 172 valence electrons. The summed E-state index contributed by atoms with van der Waals surface area (Å²) in [7, 11) is 0. The number of amides is 3. The number of hydrogen-bond donors (Lipinski definition) is 1. The van der Waals surface area contributed by atoms with E-state index in [2.05, 4.69) is 11.4 Å². The van der Waals surface area contributed by atoms with E-state index in [-0.39, 0.29) is 54.7 Å². The highest BCUT2D eigenvalue weighted by molar-refractivity contribution is 5.95. The summed E-state index contributed by atoms with van der Waals surface area (Å²) >= 11 is 0. The summed E-state index contributed by atoms with van der Waals surface area (Å²) < 4.78 is 33.4. The summed E-state index contributed by atoms with van der Waals surface area (Å²) in [5.41, 5.74) is 3.00. The van der Waals surface area contributed by atoms with Gasteiger partial charge in [-0.05, 0) is 73.2 Å². The number of carbonyl (C=O) groups is 2. The maximum absolute atomic E-state index is 14.2. The first-order valence-corrected chi connectivity index (χ1v) is 11.1. The van der Waals surface area contributed by atoms with Crippen LogP contribution in [-0.2, 0) is 11.3 Å². The van der Waals surface area contributed by atoms with E-state index in [0.29, 0.717) is 17.8 Å². The van der Waals surface area contributed by atoms with Crippen LogP contribution in [0.1, 0.15) is 31.4 Å². The second kappa shape index (κ2) is 8.17. The van der Waals surface area contributed by atoms with Gasteiger partial charge in [0.1, 0.15) is 12.4 Å². The number of urea groups is 1. The Morgan fingerprint density at radius 3 is 2.79 bits per heavy atom. The lowest BCUT2D eigenvalue weighted by Gasteiger charge is -2.33. The molecule has 8 heteroatoms. The minimum Gasteiger partial charge on any atom is -0.488 e. The SMILES string of the molecule is CC(C)Oc1cc(C2=C[C@@H]3C[C@H]2N(C(=O)CN2Cc4cc(F)ccc4NC2=O)C3)ccc1F. The summed E-state index contributed by atoms with van der Waals surface area (Å²) in [6.45, 7) is 4.34. The molecule has 1 fully saturated rings. The number of ether oxygens (including phenoxy) is 1. The van der Waals surface area contributed by atoms with E-state index in [1.54, 1.807) is 17.0 Å². The van der Waals surface area contributed by atoms with E-state index in [1.165, 1.54) is 29.2 Å². The largest absolute Gasteiger partial charge is 0.488 e. The van der Waals surface area contributed by atoms with Crippen LogP contribution in [0.5, 0.6) is 5.75 Å². The Bertz CT molecular complexity index is 1160. The Kier molecular flexibility index (Phi) is 5.31. The van der Waals surface area contributed by atoms with Crippen LogP contribution < -0.4 is 10.1 Å². The quantitative estimate of drug-likeness (QED) is 0.730. The van der Waals surface area contributed by atoms with Crippen LogP contribution in [0.15, 0.2) is 42.5 Å².